The first-order valence-corrected chi connectivity index (χ1v) is 12.5. The van der Waals surface area contributed by atoms with Crippen LogP contribution in [-0.4, -0.2) is 17.9 Å². The maximum Gasteiger partial charge on any atom is 0.309 e. The van der Waals surface area contributed by atoms with Gasteiger partial charge in [0.1, 0.15) is 23.4 Å². The molecule has 2 fully saturated rings. The number of benzene rings is 2. The zero-order valence-electron chi connectivity index (χ0n) is 19.8. The molecule has 0 N–H and O–H groups in total. The summed E-state index contributed by atoms with van der Waals surface area (Å²) in [6, 6.07) is 15.9. The summed E-state index contributed by atoms with van der Waals surface area (Å²) >= 11 is 0. The molecule has 5 rings (SSSR count). The zero-order chi connectivity index (χ0) is 23.1. The first kappa shape index (κ1) is 22.2. The van der Waals surface area contributed by atoms with Gasteiger partial charge in [-0.15, -0.1) is 0 Å². The van der Waals surface area contributed by atoms with Crippen molar-refractivity contribution in [1.29, 1.82) is 0 Å². The van der Waals surface area contributed by atoms with Crippen LogP contribution < -0.4 is 4.74 Å². The number of Topliss-reactive ketones (excluding diaryl/α,β-unsaturated/α-hetero) is 1. The van der Waals surface area contributed by atoms with Crippen LogP contribution in [0.3, 0.4) is 0 Å². The number of esters is 1. The summed E-state index contributed by atoms with van der Waals surface area (Å²) in [7, 11) is 0. The molecule has 0 aromatic heterocycles. The fraction of sp³-hybridized carbons (Fsp3) is 0.517. The van der Waals surface area contributed by atoms with Gasteiger partial charge in [0.05, 0.1) is 5.92 Å². The third-order valence-electron chi connectivity index (χ3n) is 7.95. The minimum atomic E-state index is -0.270. The van der Waals surface area contributed by atoms with E-state index in [9.17, 15) is 9.59 Å². The Kier molecular flexibility index (Phi) is 6.03. The van der Waals surface area contributed by atoms with Crippen molar-refractivity contribution in [3.05, 3.63) is 59.7 Å². The highest BCUT2D eigenvalue weighted by atomic mass is 16.5. The van der Waals surface area contributed by atoms with Gasteiger partial charge in [-0.1, -0.05) is 63.6 Å². The van der Waals surface area contributed by atoms with E-state index in [0.717, 1.165) is 35.5 Å². The van der Waals surface area contributed by atoms with Crippen LogP contribution in [0.15, 0.2) is 48.5 Å². The molecule has 4 heteroatoms. The summed E-state index contributed by atoms with van der Waals surface area (Å²) in [5, 5.41) is 0. The Balaban J connectivity index is 1.26. The standard InChI is InChI=1S/C29H34O4/c1-17(2)19-13-12-18(3)14-28(19)33-29(31)24-15-23(24)25(30)16-22-20-8-4-6-10-26(20)32-27-11-7-5-9-21(22)27/h4-11,17-19,22-24,28H,12-16H2,1-3H3/t18?,19?,23-,24-,28?/m0/s1. The van der Waals surface area contributed by atoms with Crippen LogP contribution in [0.4, 0.5) is 0 Å². The maximum absolute atomic E-state index is 13.3. The number of carbonyl (C=O) groups is 2. The third-order valence-corrected chi connectivity index (χ3v) is 7.95. The molecule has 2 aliphatic carbocycles. The van der Waals surface area contributed by atoms with Gasteiger partial charge >= 0.3 is 5.97 Å². The smallest absolute Gasteiger partial charge is 0.309 e. The van der Waals surface area contributed by atoms with Gasteiger partial charge in [-0.05, 0) is 49.1 Å². The topological polar surface area (TPSA) is 52.6 Å². The van der Waals surface area contributed by atoms with E-state index in [2.05, 4.69) is 20.8 Å². The largest absolute Gasteiger partial charge is 0.462 e. The van der Waals surface area contributed by atoms with Crippen LogP contribution in [-0.2, 0) is 14.3 Å². The van der Waals surface area contributed by atoms with Gasteiger partial charge in [-0.25, -0.2) is 0 Å². The fourth-order valence-corrected chi connectivity index (χ4v) is 5.88. The fourth-order valence-electron chi connectivity index (χ4n) is 5.88. The number of ether oxygens (including phenoxy) is 2. The van der Waals surface area contributed by atoms with Crippen LogP contribution in [0.1, 0.15) is 69.9 Å². The molecule has 3 unspecified atom stereocenters. The summed E-state index contributed by atoms with van der Waals surface area (Å²) < 4.78 is 12.1. The van der Waals surface area contributed by atoms with E-state index in [1.54, 1.807) is 0 Å². The molecular formula is C29H34O4. The Morgan fingerprint density at radius 3 is 2.21 bits per heavy atom. The average Bonchev–Trinajstić information content (AvgIpc) is 3.60. The second-order valence-corrected chi connectivity index (χ2v) is 10.7. The zero-order valence-corrected chi connectivity index (χ0v) is 19.8. The molecule has 174 valence electrons. The molecule has 4 nitrogen and oxygen atoms in total. The van der Waals surface area contributed by atoms with Gasteiger partial charge in [-0.3, -0.25) is 9.59 Å². The van der Waals surface area contributed by atoms with Crippen molar-refractivity contribution in [2.24, 2.45) is 29.6 Å². The predicted octanol–water partition coefficient (Wildman–Crippen LogP) is 6.52. The van der Waals surface area contributed by atoms with Crippen molar-refractivity contribution >= 4 is 11.8 Å². The van der Waals surface area contributed by atoms with Crippen LogP contribution in [0, 0.1) is 29.6 Å². The second kappa shape index (κ2) is 8.96. The number of hydrogen-bond donors (Lipinski definition) is 0. The Labute approximate surface area is 196 Å². The van der Waals surface area contributed by atoms with Crippen molar-refractivity contribution in [2.45, 2.75) is 64.9 Å². The molecule has 0 saturated heterocycles. The predicted molar refractivity (Wildman–Crippen MR) is 127 cm³/mol. The van der Waals surface area contributed by atoms with Gasteiger partial charge in [0.25, 0.3) is 0 Å². The van der Waals surface area contributed by atoms with Gasteiger partial charge < -0.3 is 9.47 Å². The molecule has 1 aliphatic heterocycles. The second-order valence-electron chi connectivity index (χ2n) is 10.7. The summed E-state index contributed by atoms with van der Waals surface area (Å²) in [5.74, 6) is 2.61. The van der Waals surface area contributed by atoms with E-state index in [4.69, 9.17) is 9.47 Å². The molecule has 3 aliphatic rings. The van der Waals surface area contributed by atoms with Crippen molar-refractivity contribution in [1.82, 2.24) is 0 Å². The lowest BCUT2D eigenvalue weighted by Crippen LogP contribution is -2.36. The monoisotopic (exact) mass is 446 g/mol. The van der Waals surface area contributed by atoms with Crippen LogP contribution in [0.5, 0.6) is 11.5 Å². The van der Waals surface area contributed by atoms with Crippen molar-refractivity contribution in [3.63, 3.8) is 0 Å². The van der Waals surface area contributed by atoms with Crippen molar-refractivity contribution in [2.75, 3.05) is 0 Å². The number of para-hydroxylation sites is 2. The number of carbonyl (C=O) groups excluding carboxylic acids is 2. The Morgan fingerprint density at radius 2 is 1.58 bits per heavy atom. The molecule has 2 aromatic rings. The van der Waals surface area contributed by atoms with Crippen LogP contribution in [0.2, 0.25) is 0 Å². The summed E-state index contributed by atoms with van der Waals surface area (Å²) in [5.41, 5.74) is 2.08. The molecule has 0 amide bonds. The third kappa shape index (κ3) is 4.45. The molecule has 2 saturated carbocycles. The van der Waals surface area contributed by atoms with Gasteiger partial charge in [0.2, 0.25) is 0 Å². The SMILES string of the molecule is CC1CCC(C(C)C)C(OC(=O)[C@H]2C[C@@H]2C(=O)CC2c3ccccc3Oc3ccccc32)C1. The lowest BCUT2D eigenvalue weighted by molar-refractivity contribution is -0.158. The Morgan fingerprint density at radius 1 is 0.939 bits per heavy atom. The molecule has 5 atom stereocenters. The molecule has 0 spiro atoms. The van der Waals surface area contributed by atoms with Crippen molar-refractivity contribution in [3.8, 4) is 11.5 Å². The average molecular weight is 447 g/mol. The van der Waals surface area contributed by atoms with Gasteiger partial charge in [0, 0.05) is 29.4 Å². The number of fused-ring (bicyclic) bond motifs is 2. The molecule has 0 bridgehead atoms. The molecule has 33 heavy (non-hydrogen) atoms. The normalized spacial score (nSPS) is 28.4. The van der Waals surface area contributed by atoms with Gasteiger partial charge in [-0.2, -0.15) is 0 Å². The maximum atomic E-state index is 13.3. The van der Waals surface area contributed by atoms with E-state index in [1.165, 1.54) is 6.42 Å². The minimum Gasteiger partial charge on any atom is -0.462 e. The quantitative estimate of drug-likeness (QED) is 0.474. The Hall–Kier alpha value is -2.62. The van der Waals surface area contributed by atoms with E-state index >= 15 is 0 Å². The summed E-state index contributed by atoms with van der Waals surface area (Å²) in [6.45, 7) is 6.67. The molecule has 1 heterocycles. The van der Waals surface area contributed by atoms with E-state index in [1.807, 2.05) is 48.5 Å². The highest BCUT2D eigenvalue weighted by molar-refractivity contribution is 5.92. The van der Waals surface area contributed by atoms with E-state index in [-0.39, 0.29) is 35.6 Å². The van der Waals surface area contributed by atoms with E-state index < -0.39 is 0 Å². The first-order chi connectivity index (χ1) is 15.9. The lowest BCUT2D eigenvalue weighted by Gasteiger charge is -2.36. The highest BCUT2D eigenvalue weighted by Gasteiger charge is 2.50. The minimum absolute atomic E-state index is 0.00755. The Bertz CT molecular complexity index is 996. The van der Waals surface area contributed by atoms with Gasteiger partial charge in [0.15, 0.2) is 0 Å². The molecule has 2 aromatic carbocycles. The summed E-state index contributed by atoms with van der Waals surface area (Å²) in [4.78, 5) is 26.2. The number of rotatable bonds is 6. The lowest BCUT2D eigenvalue weighted by atomic mass is 9.75. The van der Waals surface area contributed by atoms with Crippen LogP contribution >= 0.6 is 0 Å². The van der Waals surface area contributed by atoms with E-state index in [0.29, 0.717) is 30.6 Å². The summed E-state index contributed by atoms with van der Waals surface area (Å²) in [6.07, 6.45) is 4.27. The van der Waals surface area contributed by atoms with Crippen molar-refractivity contribution < 1.29 is 19.1 Å². The number of ketones is 1. The number of hydrogen-bond acceptors (Lipinski definition) is 4. The first-order valence-electron chi connectivity index (χ1n) is 12.5. The van der Waals surface area contributed by atoms with Crippen LogP contribution in [0.25, 0.3) is 0 Å². The molecular weight excluding hydrogens is 412 g/mol. The highest BCUT2D eigenvalue weighted by Crippen LogP contribution is 2.49. The molecule has 0 radical (unpaired) electrons.